The van der Waals surface area contributed by atoms with Crippen LogP contribution in [0.15, 0.2) is 10.6 Å². The second-order valence-electron chi connectivity index (χ2n) is 8.65. The van der Waals surface area contributed by atoms with E-state index < -0.39 is 0 Å². The summed E-state index contributed by atoms with van der Waals surface area (Å²) in [5.41, 5.74) is 2.83. The second-order valence-corrected chi connectivity index (χ2v) is 9.11. The van der Waals surface area contributed by atoms with E-state index in [1.54, 1.807) is 5.57 Å². The Labute approximate surface area is 129 Å². The van der Waals surface area contributed by atoms with E-state index >= 15 is 0 Å². The van der Waals surface area contributed by atoms with Crippen LogP contribution in [0.1, 0.15) is 78.1 Å². The van der Waals surface area contributed by atoms with E-state index in [9.17, 15) is 0 Å². The summed E-state index contributed by atoms with van der Waals surface area (Å²) in [6, 6.07) is 0. The lowest BCUT2D eigenvalue weighted by atomic mass is 9.47. The number of hydrogen-bond acceptors (Lipinski definition) is 0. The van der Waals surface area contributed by atoms with Crippen LogP contribution in [0.4, 0.5) is 0 Å². The van der Waals surface area contributed by atoms with E-state index in [0.717, 1.165) is 24.2 Å². The van der Waals surface area contributed by atoms with Crippen LogP contribution in [0, 0.1) is 28.6 Å². The first-order chi connectivity index (χ1) is 9.55. The van der Waals surface area contributed by atoms with Gasteiger partial charge in [-0.15, -0.1) is 0 Å². The highest BCUT2D eigenvalue weighted by Gasteiger charge is 2.56. The van der Waals surface area contributed by atoms with Gasteiger partial charge >= 0.3 is 0 Å². The molecule has 4 rings (SSSR count). The normalized spacial score (nSPS) is 51.5. The molecule has 0 radical (unpaired) electrons. The van der Waals surface area contributed by atoms with Crippen molar-refractivity contribution in [1.82, 2.24) is 0 Å². The standard InChI is InChI=1S/C19H29Cl/c1-18-10-3-5-14(18)13-7-8-16-17(20)6-4-11-19(16,2)15(13)9-12-18/h13-15H,3-12H2,1-2H3/t13-,14-,15-,18-,19+/m0/s1. The van der Waals surface area contributed by atoms with Gasteiger partial charge in [0.2, 0.25) is 0 Å². The van der Waals surface area contributed by atoms with Crippen LogP contribution >= 0.6 is 11.6 Å². The molecule has 1 heteroatoms. The largest absolute Gasteiger partial charge is 0.0892 e. The Bertz CT molecular complexity index is 451. The predicted molar refractivity (Wildman–Crippen MR) is 85.7 cm³/mol. The topological polar surface area (TPSA) is 0 Å². The SMILES string of the molecule is C[C@@]12CCC[C@H]1[C@@H]1CCC3=C(Cl)CCC[C@]3(C)[C@H]1CC2. The molecule has 0 bridgehead atoms. The van der Waals surface area contributed by atoms with E-state index in [2.05, 4.69) is 13.8 Å². The lowest BCUT2D eigenvalue weighted by Gasteiger charge is -2.57. The molecule has 4 aliphatic rings. The van der Waals surface area contributed by atoms with Crippen molar-refractivity contribution in [3.05, 3.63) is 10.6 Å². The number of rotatable bonds is 0. The zero-order chi connectivity index (χ0) is 14.0. The number of halogens is 1. The summed E-state index contributed by atoms with van der Waals surface area (Å²) >= 11 is 6.63. The van der Waals surface area contributed by atoms with Gasteiger partial charge in [0.25, 0.3) is 0 Å². The zero-order valence-electron chi connectivity index (χ0n) is 13.2. The summed E-state index contributed by atoms with van der Waals surface area (Å²) in [7, 11) is 0. The Hall–Kier alpha value is 0.0300. The van der Waals surface area contributed by atoms with Crippen molar-refractivity contribution in [2.75, 3.05) is 0 Å². The lowest BCUT2D eigenvalue weighted by molar-refractivity contribution is -0.0363. The molecule has 112 valence electrons. The summed E-state index contributed by atoms with van der Waals surface area (Å²) in [4.78, 5) is 0. The van der Waals surface area contributed by atoms with Crippen molar-refractivity contribution in [2.24, 2.45) is 28.6 Å². The van der Waals surface area contributed by atoms with Gasteiger partial charge in [-0.25, -0.2) is 0 Å². The van der Waals surface area contributed by atoms with E-state index in [0.29, 0.717) is 10.8 Å². The Morgan fingerprint density at radius 2 is 1.75 bits per heavy atom. The number of hydrogen-bond donors (Lipinski definition) is 0. The number of fused-ring (bicyclic) bond motifs is 5. The van der Waals surface area contributed by atoms with Gasteiger partial charge in [0.15, 0.2) is 0 Å². The van der Waals surface area contributed by atoms with Crippen molar-refractivity contribution in [3.8, 4) is 0 Å². The Morgan fingerprint density at radius 1 is 0.900 bits per heavy atom. The van der Waals surface area contributed by atoms with Gasteiger partial charge in [-0.05, 0) is 91.9 Å². The fourth-order valence-electron chi connectivity index (χ4n) is 6.84. The summed E-state index contributed by atoms with van der Waals surface area (Å²) < 4.78 is 0. The Morgan fingerprint density at radius 3 is 2.60 bits per heavy atom. The van der Waals surface area contributed by atoms with Gasteiger partial charge in [-0.2, -0.15) is 0 Å². The molecule has 0 aromatic carbocycles. The van der Waals surface area contributed by atoms with Gasteiger partial charge in [-0.3, -0.25) is 0 Å². The molecule has 5 atom stereocenters. The Kier molecular flexibility index (Phi) is 3.09. The highest BCUT2D eigenvalue weighted by molar-refractivity contribution is 6.30. The van der Waals surface area contributed by atoms with Crippen molar-refractivity contribution in [3.63, 3.8) is 0 Å². The van der Waals surface area contributed by atoms with E-state index in [-0.39, 0.29) is 0 Å². The van der Waals surface area contributed by atoms with Crippen LogP contribution in [0.5, 0.6) is 0 Å². The molecule has 0 nitrogen and oxygen atoms in total. The maximum Gasteiger partial charge on any atom is 0.0178 e. The Balaban J connectivity index is 1.71. The second kappa shape index (κ2) is 4.51. The monoisotopic (exact) mass is 292 g/mol. The van der Waals surface area contributed by atoms with Gasteiger partial charge in [-0.1, -0.05) is 31.9 Å². The molecule has 4 aliphatic carbocycles. The first-order valence-electron chi connectivity index (χ1n) is 8.93. The van der Waals surface area contributed by atoms with Crippen LogP contribution in [-0.2, 0) is 0 Å². The van der Waals surface area contributed by atoms with Gasteiger partial charge in [0, 0.05) is 5.03 Å². The first kappa shape index (κ1) is 13.7. The smallest absolute Gasteiger partial charge is 0.0178 e. The minimum absolute atomic E-state index is 0.460. The van der Waals surface area contributed by atoms with Gasteiger partial charge in [0.05, 0.1) is 0 Å². The third-order valence-corrected chi connectivity index (χ3v) is 8.29. The van der Waals surface area contributed by atoms with E-state index in [1.807, 2.05) is 0 Å². The van der Waals surface area contributed by atoms with Crippen LogP contribution in [0.3, 0.4) is 0 Å². The van der Waals surface area contributed by atoms with Gasteiger partial charge < -0.3 is 0 Å². The molecular formula is C19H29Cl. The molecule has 3 saturated carbocycles. The molecule has 0 aromatic heterocycles. The predicted octanol–water partition coefficient (Wildman–Crippen LogP) is 6.30. The highest BCUT2D eigenvalue weighted by atomic mass is 35.5. The van der Waals surface area contributed by atoms with E-state index in [4.69, 9.17) is 11.6 Å². The van der Waals surface area contributed by atoms with Gasteiger partial charge in [0.1, 0.15) is 0 Å². The molecule has 0 heterocycles. The highest BCUT2D eigenvalue weighted by Crippen LogP contribution is 2.66. The molecule has 3 fully saturated rings. The quantitative estimate of drug-likeness (QED) is 0.492. The lowest BCUT2D eigenvalue weighted by Crippen LogP contribution is -2.49. The molecule has 0 amide bonds. The molecular weight excluding hydrogens is 264 g/mol. The molecule has 0 unspecified atom stereocenters. The molecule has 0 aromatic rings. The summed E-state index contributed by atoms with van der Waals surface area (Å²) in [5, 5.41) is 1.25. The minimum atomic E-state index is 0.460. The molecule has 0 aliphatic heterocycles. The van der Waals surface area contributed by atoms with Crippen LogP contribution in [0.2, 0.25) is 0 Å². The maximum atomic E-state index is 6.63. The van der Waals surface area contributed by atoms with E-state index in [1.165, 1.54) is 62.8 Å². The number of allylic oxidation sites excluding steroid dienone is 2. The van der Waals surface area contributed by atoms with Crippen molar-refractivity contribution in [1.29, 1.82) is 0 Å². The van der Waals surface area contributed by atoms with Crippen LogP contribution < -0.4 is 0 Å². The van der Waals surface area contributed by atoms with Crippen LogP contribution in [-0.4, -0.2) is 0 Å². The third-order valence-electron chi connectivity index (χ3n) is 7.87. The molecule has 0 spiro atoms. The summed E-state index contributed by atoms with van der Waals surface area (Å²) in [6.45, 7) is 5.17. The average molecular weight is 293 g/mol. The molecule has 0 N–H and O–H groups in total. The fourth-order valence-corrected chi connectivity index (χ4v) is 7.28. The summed E-state index contributed by atoms with van der Waals surface area (Å²) in [6.07, 6.45) is 14.1. The first-order valence-corrected chi connectivity index (χ1v) is 9.30. The summed E-state index contributed by atoms with van der Waals surface area (Å²) in [5.74, 6) is 2.98. The third kappa shape index (κ3) is 1.73. The van der Waals surface area contributed by atoms with Crippen LogP contribution in [0.25, 0.3) is 0 Å². The van der Waals surface area contributed by atoms with Crippen molar-refractivity contribution in [2.45, 2.75) is 78.1 Å². The van der Waals surface area contributed by atoms with Crippen molar-refractivity contribution >= 4 is 11.6 Å². The average Bonchev–Trinajstić information content (AvgIpc) is 2.80. The maximum absolute atomic E-state index is 6.63. The zero-order valence-corrected chi connectivity index (χ0v) is 13.9. The fraction of sp³-hybridized carbons (Fsp3) is 0.895. The molecule has 20 heavy (non-hydrogen) atoms. The minimum Gasteiger partial charge on any atom is -0.0892 e. The van der Waals surface area contributed by atoms with Crippen molar-refractivity contribution < 1.29 is 0 Å². The molecule has 0 saturated heterocycles.